The number of carbonyl (C=O) groups excluding carboxylic acids is 1. The lowest BCUT2D eigenvalue weighted by molar-refractivity contribution is 0.0889. The zero-order valence-electron chi connectivity index (χ0n) is 25.0. The van der Waals surface area contributed by atoms with Gasteiger partial charge in [-0.3, -0.25) is 4.79 Å². The summed E-state index contributed by atoms with van der Waals surface area (Å²) >= 11 is 0. The van der Waals surface area contributed by atoms with Gasteiger partial charge in [-0.15, -0.1) is 0 Å². The molecule has 1 N–H and O–H groups in total. The van der Waals surface area contributed by atoms with Gasteiger partial charge >= 0.3 is 10.2 Å². The van der Waals surface area contributed by atoms with Gasteiger partial charge in [-0.05, 0) is 81.8 Å². The topological polar surface area (TPSA) is 110 Å². The van der Waals surface area contributed by atoms with Crippen molar-refractivity contribution in [2.75, 3.05) is 33.8 Å². The number of hydrogen-bond donors (Lipinski definition) is 1. The molecular weight excluding hydrogens is 571 g/mol. The van der Waals surface area contributed by atoms with E-state index in [2.05, 4.69) is 14.6 Å². The number of halogens is 1. The number of rotatable bonds is 9. The molecule has 3 fully saturated rings. The van der Waals surface area contributed by atoms with E-state index in [4.69, 9.17) is 9.84 Å². The fraction of sp³-hybridized carbons (Fsp3) is 0.581. The minimum absolute atomic E-state index is 0.0940. The van der Waals surface area contributed by atoms with Gasteiger partial charge in [0.25, 0.3) is 5.91 Å². The predicted molar refractivity (Wildman–Crippen MR) is 162 cm³/mol. The van der Waals surface area contributed by atoms with Crippen molar-refractivity contribution >= 4 is 27.1 Å². The fourth-order valence-corrected chi connectivity index (χ4v) is 6.99. The van der Waals surface area contributed by atoms with Crippen LogP contribution >= 0.6 is 0 Å². The molecule has 12 heteroatoms. The van der Waals surface area contributed by atoms with Crippen LogP contribution in [0, 0.1) is 11.7 Å². The molecule has 2 aromatic heterocycles. The number of aromatic nitrogens is 3. The molecule has 0 spiro atoms. The summed E-state index contributed by atoms with van der Waals surface area (Å²) in [7, 11) is -1.36. The Morgan fingerprint density at radius 1 is 1.02 bits per heavy atom. The van der Waals surface area contributed by atoms with E-state index >= 15 is 0 Å². The van der Waals surface area contributed by atoms with E-state index < -0.39 is 16.1 Å². The van der Waals surface area contributed by atoms with Gasteiger partial charge in [0.2, 0.25) is 0 Å². The summed E-state index contributed by atoms with van der Waals surface area (Å²) in [6, 6.07) is 8.17. The van der Waals surface area contributed by atoms with Gasteiger partial charge in [0, 0.05) is 32.1 Å². The van der Waals surface area contributed by atoms with Crippen LogP contribution in [0.5, 0.6) is 5.75 Å². The highest BCUT2D eigenvalue weighted by molar-refractivity contribution is 7.87. The minimum Gasteiger partial charge on any atom is -0.492 e. The first-order valence-corrected chi connectivity index (χ1v) is 16.9. The quantitative estimate of drug-likeness (QED) is 0.370. The van der Waals surface area contributed by atoms with Crippen LogP contribution in [0.1, 0.15) is 86.3 Å². The first-order chi connectivity index (χ1) is 20.7. The van der Waals surface area contributed by atoms with Crippen molar-refractivity contribution < 1.29 is 22.3 Å². The molecule has 3 aliphatic rings. The Morgan fingerprint density at radius 2 is 1.72 bits per heavy atom. The lowest BCUT2D eigenvalue weighted by Gasteiger charge is -2.39. The average Bonchev–Trinajstić information content (AvgIpc) is 3.35. The first-order valence-electron chi connectivity index (χ1n) is 15.5. The van der Waals surface area contributed by atoms with Crippen LogP contribution in [-0.2, 0) is 10.2 Å². The van der Waals surface area contributed by atoms with Crippen molar-refractivity contribution in [1.29, 1.82) is 0 Å². The number of amides is 1. The van der Waals surface area contributed by atoms with E-state index in [1.807, 2.05) is 0 Å². The fourth-order valence-electron chi connectivity index (χ4n) is 6.47. The number of nitrogens with one attached hydrogen (secondary N) is 1. The largest absolute Gasteiger partial charge is 0.492 e. The number of piperidine rings is 1. The molecule has 2 aliphatic carbocycles. The summed E-state index contributed by atoms with van der Waals surface area (Å²) in [5.41, 5.74) is 1.71. The average molecular weight is 613 g/mol. The van der Waals surface area contributed by atoms with Crippen molar-refractivity contribution in [3.63, 3.8) is 0 Å². The second-order valence-corrected chi connectivity index (χ2v) is 14.3. The third-order valence-corrected chi connectivity index (χ3v) is 10.7. The molecular formula is C31H41FN6O4S. The molecule has 232 valence electrons. The van der Waals surface area contributed by atoms with Crippen molar-refractivity contribution in [2.24, 2.45) is 5.92 Å². The van der Waals surface area contributed by atoms with Crippen molar-refractivity contribution in [1.82, 2.24) is 28.7 Å². The molecule has 1 aromatic carbocycles. The number of likely N-dealkylation sites (tertiary alicyclic amines) is 1. The number of nitrogens with zero attached hydrogens (tertiary/aromatic N) is 5. The number of ether oxygens (including phenoxy) is 1. The van der Waals surface area contributed by atoms with Gasteiger partial charge in [-0.1, -0.05) is 25.7 Å². The molecule has 1 amide bonds. The molecule has 3 aromatic rings. The Morgan fingerprint density at radius 3 is 2.35 bits per heavy atom. The maximum absolute atomic E-state index is 13.8. The highest BCUT2D eigenvalue weighted by Crippen LogP contribution is 2.42. The molecule has 0 radical (unpaired) electrons. The normalized spacial score (nSPS) is 19.5. The number of pyridine rings is 1. The highest BCUT2D eigenvalue weighted by atomic mass is 32.2. The van der Waals surface area contributed by atoms with Crippen LogP contribution in [0.3, 0.4) is 0 Å². The SMILES string of the molecule is CN(C)S(=O)(=O)NC(=O)c1cc(OCC2CCN(C3CCCCC3)CC2)c2c(C3CCC3)nn(-c3ccc(F)cc3)c2n1. The van der Waals surface area contributed by atoms with E-state index in [-0.39, 0.29) is 17.4 Å². The lowest BCUT2D eigenvalue weighted by atomic mass is 9.82. The maximum Gasteiger partial charge on any atom is 0.303 e. The van der Waals surface area contributed by atoms with Crippen LogP contribution in [0.4, 0.5) is 4.39 Å². The van der Waals surface area contributed by atoms with E-state index in [1.165, 1.54) is 58.3 Å². The van der Waals surface area contributed by atoms with Crippen molar-refractivity contribution in [2.45, 2.75) is 76.2 Å². The molecule has 10 nitrogen and oxygen atoms in total. The Balaban J connectivity index is 1.33. The Labute approximate surface area is 252 Å². The van der Waals surface area contributed by atoms with Gasteiger partial charge in [0.1, 0.15) is 17.3 Å². The molecule has 2 saturated carbocycles. The molecule has 1 aliphatic heterocycles. The smallest absolute Gasteiger partial charge is 0.303 e. The van der Waals surface area contributed by atoms with Crippen molar-refractivity contribution in [3.8, 4) is 11.4 Å². The number of fused-ring (bicyclic) bond motifs is 1. The Kier molecular flexibility index (Phi) is 8.70. The molecule has 43 heavy (non-hydrogen) atoms. The predicted octanol–water partition coefficient (Wildman–Crippen LogP) is 4.79. The van der Waals surface area contributed by atoms with Gasteiger partial charge in [0.15, 0.2) is 5.65 Å². The standard InChI is InChI=1S/C31H41FN6O4S/c1-36(2)43(40,41)35-31(39)26-19-27(42-20-21-15-17-37(18-16-21)24-9-4-3-5-10-24)28-29(22-7-6-8-22)34-38(30(28)33-26)25-13-11-23(32)12-14-25/h11-14,19,21-22,24H,3-10,15-18,20H2,1-2H3,(H,35,39). The van der Waals surface area contributed by atoms with Crippen molar-refractivity contribution in [3.05, 3.63) is 47.5 Å². The van der Waals surface area contributed by atoms with Crippen LogP contribution in [0.15, 0.2) is 30.3 Å². The number of carbonyl (C=O) groups is 1. The first kappa shape index (κ1) is 30.0. The third-order valence-electron chi connectivity index (χ3n) is 9.34. The summed E-state index contributed by atoms with van der Waals surface area (Å²) in [6.07, 6.45) is 11.8. The second kappa shape index (κ2) is 12.5. The van der Waals surface area contributed by atoms with Crippen LogP contribution in [0.25, 0.3) is 16.7 Å². The lowest BCUT2D eigenvalue weighted by Crippen LogP contribution is -2.43. The van der Waals surface area contributed by atoms with Crippen LogP contribution in [-0.4, -0.2) is 78.1 Å². The summed E-state index contributed by atoms with van der Waals surface area (Å²) in [5.74, 6) is -0.171. The van der Waals surface area contributed by atoms with E-state index in [0.29, 0.717) is 35.7 Å². The number of hydrogen-bond acceptors (Lipinski definition) is 7. The van der Waals surface area contributed by atoms with Gasteiger partial charge < -0.3 is 9.64 Å². The number of benzene rings is 1. The minimum atomic E-state index is -4.04. The summed E-state index contributed by atoms with van der Waals surface area (Å²) in [5, 5.41) is 5.64. The van der Waals surface area contributed by atoms with E-state index in [9.17, 15) is 17.6 Å². The molecule has 3 heterocycles. The maximum atomic E-state index is 13.8. The summed E-state index contributed by atoms with van der Waals surface area (Å²) in [4.78, 5) is 20.5. The third kappa shape index (κ3) is 6.41. The van der Waals surface area contributed by atoms with Gasteiger partial charge in [-0.2, -0.15) is 17.8 Å². The summed E-state index contributed by atoms with van der Waals surface area (Å²) < 4.78 is 49.9. The van der Waals surface area contributed by atoms with Crippen LogP contribution < -0.4 is 9.46 Å². The zero-order valence-corrected chi connectivity index (χ0v) is 25.8. The molecule has 0 atom stereocenters. The highest BCUT2D eigenvalue weighted by Gasteiger charge is 2.31. The Bertz CT molecular complexity index is 1560. The molecule has 0 bridgehead atoms. The van der Waals surface area contributed by atoms with Gasteiger partial charge in [0.05, 0.1) is 23.4 Å². The monoisotopic (exact) mass is 612 g/mol. The molecule has 1 saturated heterocycles. The van der Waals surface area contributed by atoms with Gasteiger partial charge in [-0.25, -0.2) is 18.8 Å². The summed E-state index contributed by atoms with van der Waals surface area (Å²) in [6.45, 7) is 2.62. The van der Waals surface area contributed by atoms with E-state index in [1.54, 1.807) is 22.9 Å². The molecule has 0 unspecified atom stereocenters. The van der Waals surface area contributed by atoms with E-state index in [0.717, 1.165) is 60.6 Å². The second-order valence-electron chi connectivity index (χ2n) is 12.4. The molecule has 6 rings (SSSR count). The van der Waals surface area contributed by atoms with Crippen LogP contribution in [0.2, 0.25) is 0 Å². The Hall–Kier alpha value is -3.09. The zero-order chi connectivity index (χ0) is 30.1.